The van der Waals surface area contributed by atoms with Crippen molar-refractivity contribution < 1.29 is 0 Å². The van der Waals surface area contributed by atoms with Gasteiger partial charge in [0.1, 0.15) is 12.0 Å². The molecule has 3 rings (SSSR count). The standard InChI is InChI=1S/C16H20N4/c1-17-16-15(20-19-11-18-16)14-9-7-13(8-10-14)12-5-3-2-4-6-12/h7-12H,2-6H2,1H3,(H,17,18,19). The van der Waals surface area contributed by atoms with E-state index in [2.05, 4.69) is 44.8 Å². The Morgan fingerprint density at radius 2 is 1.80 bits per heavy atom. The van der Waals surface area contributed by atoms with Crippen LogP contribution in [0.1, 0.15) is 43.6 Å². The number of hydrogen-bond donors (Lipinski definition) is 1. The number of aromatic nitrogens is 3. The molecule has 2 aromatic rings. The number of nitrogens with zero attached hydrogens (tertiary/aromatic N) is 3. The molecule has 1 fully saturated rings. The quantitative estimate of drug-likeness (QED) is 0.923. The summed E-state index contributed by atoms with van der Waals surface area (Å²) in [5.41, 5.74) is 3.33. The smallest absolute Gasteiger partial charge is 0.156 e. The molecule has 0 bridgehead atoms. The Kier molecular flexibility index (Phi) is 3.90. The van der Waals surface area contributed by atoms with Crippen molar-refractivity contribution in [3.05, 3.63) is 36.2 Å². The maximum absolute atomic E-state index is 4.20. The van der Waals surface area contributed by atoms with Crippen LogP contribution in [-0.2, 0) is 0 Å². The van der Waals surface area contributed by atoms with Gasteiger partial charge in [-0.1, -0.05) is 43.5 Å². The molecule has 4 heteroatoms. The first-order chi connectivity index (χ1) is 9.88. The van der Waals surface area contributed by atoms with Crippen molar-refractivity contribution in [3.63, 3.8) is 0 Å². The summed E-state index contributed by atoms with van der Waals surface area (Å²) in [5.74, 6) is 1.51. The Balaban J connectivity index is 1.85. The van der Waals surface area contributed by atoms with Crippen LogP contribution in [0, 0.1) is 0 Å². The second kappa shape index (κ2) is 5.99. The van der Waals surface area contributed by atoms with Gasteiger partial charge >= 0.3 is 0 Å². The van der Waals surface area contributed by atoms with Gasteiger partial charge in [0.05, 0.1) is 0 Å². The highest BCUT2D eigenvalue weighted by Gasteiger charge is 2.15. The molecule has 1 aromatic heterocycles. The van der Waals surface area contributed by atoms with Crippen molar-refractivity contribution in [2.24, 2.45) is 0 Å². The SMILES string of the molecule is CNc1ncnnc1-c1ccc(C2CCCCC2)cc1. The third-order valence-corrected chi connectivity index (χ3v) is 4.12. The fourth-order valence-corrected chi connectivity index (χ4v) is 3.00. The molecule has 20 heavy (non-hydrogen) atoms. The number of hydrogen-bond acceptors (Lipinski definition) is 4. The zero-order chi connectivity index (χ0) is 13.8. The van der Waals surface area contributed by atoms with Gasteiger partial charge in [0.25, 0.3) is 0 Å². The van der Waals surface area contributed by atoms with E-state index in [1.54, 1.807) is 0 Å². The Morgan fingerprint density at radius 1 is 1.05 bits per heavy atom. The average Bonchev–Trinajstić information content (AvgIpc) is 2.56. The minimum Gasteiger partial charge on any atom is -0.371 e. The lowest BCUT2D eigenvalue weighted by atomic mass is 9.84. The topological polar surface area (TPSA) is 50.7 Å². The maximum atomic E-state index is 4.20. The molecule has 0 radical (unpaired) electrons. The predicted octanol–water partition coefficient (Wildman–Crippen LogP) is 3.63. The molecular formula is C16H20N4. The van der Waals surface area contributed by atoms with Gasteiger partial charge < -0.3 is 5.32 Å². The van der Waals surface area contributed by atoms with Gasteiger partial charge in [0.2, 0.25) is 0 Å². The highest BCUT2D eigenvalue weighted by molar-refractivity contribution is 5.70. The first-order valence-corrected chi connectivity index (χ1v) is 7.34. The molecule has 1 aliphatic rings. The van der Waals surface area contributed by atoms with Crippen LogP contribution in [-0.4, -0.2) is 22.2 Å². The molecule has 0 amide bonds. The van der Waals surface area contributed by atoms with Gasteiger partial charge in [-0.3, -0.25) is 0 Å². The van der Waals surface area contributed by atoms with Crippen molar-refractivity contribution in [1.82, 2.24) is 15.2 Å². The van der Waals surface area contributed by atoms with Crippen LogP contribution in [0.3, 0.4) is 0 Å². The molecule has 1 aliphatic carbocycles. The Bertz CT molecular complexity index is 559. The van der Waals surface area contributed by atoms with Gasteiger partial charge in [0.15, 0.2) is 5.82 Å². The first-order valence-electron chi connectivity index (χ1n) is 7.34. The number of anilines is 1. The maximum Gasteiger partial charge on any atom is 0.156 e. The van der Waals surface area contributed by atoms with Crippen molar-refractivity contribution in [2.45, 2.75) is 38.0 Å². The van der Waals surface area contributed by atoms with E-state index in [-0.39, 0.29) is 0 Å². The molecule has 1 heterocycles. The fraction of sp³-hybridized carbons (Fsp3) is 0.438. The average molecular weight is 268 g/mol. The molecule has 1 N–H and O–H groups in total. The lowest BCUT2D eigenvalue weighted by Crippen LogP contribution is -2.04. The molecular weight excluding hydrogens is 248 g/mol. The third kappa shape index (κ3) is 2.64. The van der Waals surface area contributed by atoms with E-state index in [0.29, 0.717) is 0 Å². The van der Waals surface area contributed by atoms with E-state index in [1.807, 2.05) is 7.05 Å². The monoisotopic (exact) mass is 268 g/mol. The first kappa shape index (κ1) is 13.0. The molecule has 1 aromatic carbocycles. The number of nitrogens with one attached hydrogen (secondary N) is 1. The normalized spacial score (nSPS) is 16.1. The Hall–Kier alpha value is -1.97. The van der Waals surface area contributed by atoms with Gasteiger partial charge in [-0.25, -0.2) is 4.98 Å². The summed E-state index contributed by atoms with van der Waals surface area (Å²) < 4.78 is 0. The predicted molar refractivity (Wildman–Crippen MR) is 80.6 cm³/mol. The lowest BCUT2D eigenvalue weighted by Gasteiger charge is -2.22. The van der Waals surface area contributed by atoms with E-state index in [4.69, 9.17) is 0 Å². The highest BCUT2D eigenvalue weighted by atomic mass is 15.2. The zero-order valence-corrected chi connectivity index (χ0v) is 11.8. The van der Waals surface area contributed by atoms with E-state index in [0.717, 1.165) is 23.0 Å². The minimum absolute atomic E-state index is 0.738. The van der Waals surface area contributed by atoms with Crippen LogP contribution in [0.4, 0.5) is 5.82 Å². The summed E-state index contributed by atoms with van der Waals surface area (Å²) >= 11 is 0. The molecule has 1 saturated carbocycles. The molecule has 0 saturated heterocycles. The molecule has 0 aliphatic heterocycles. The Morgan fingerprint density at radius 3 is 2.50 bits per heavy atom. The van der Waals surface area contributed by atoms with Crippen molar-refractivity contribution in [1.29, 1.82) is 0 Å². The van der Waals surface area contributed by atoms with Crippen LogP contribution in [0.15, 0.2) is 30.6 Å². The van der Waals surface area contributed by atoms with Crippen molar-refractivity contribution in [3.8, 4) is 11.3 Å². The van der Waals surface area contributed by atoms with E-state index < -0.39 is 0 Å². The van der Waals surface area contributed by atoms with Gasteiger partial charge in [-0.2, -0.15) is 0 Å². The number of rotatable bonds is 3. The summed E-state index contributed by atoms with van der Waals surface area (Å²) in [7, 11) is 1.85. The summed E-state index contributed by atoms with van der Waals surface area (Å²) in [5, 5.41) is 11.1. The van der Waals surface area contributed by atoms with Crippen LogP contribution in [0.2, 0.25) is 0 Å². The Labute approximate surface area is 119 Å². The molecule has 0 atom stereocenters. The van der Waals surface area contributed by atoms with Crippen molar-refractivity contribution in [2.75, 3.05) is 12.4 Å². The number of benzene rings is 1. The largest absolute Gasteiger partial charge is 0.371 e. The molecule has 0 spiro atoms. The molecule has 104 valence electrons. The van der Waals surface area contributed by atoms with E-state index in [1.165, 1.54) is 44.0 Å². The van der Waals surface area contributed by atoms with Crippen LogP contribution in [0.25, 0.3) is 11.3 Å². The zero-order valence-electron chi connectivity index (χ0n) is 11.8. The second-order valence-electron chi connectivity index (χ2n) is 5.36. The third-order valence-electron chi connectivity index (χ3n) is 4.12. The van der Waals surface area contributed by atoms with Crippen LogP contribution < -0.4 is 5.32 Å². The van der Waals surface area contributed by atoms with Crippen molar-refractivity contribution >= 4 is 5.82 Å². The summed E-state index contributed by atoms with van der Waals surface area (Å²) in [6.07, 6.45) is 8.24. The van der Waals surface area contributed by atoms with Gasteiger partial charge in [-0.05, 0) is 24.3 Å². The molecule has 0 unspecified atom stereocenters. The second-order valence-corrected chi connectivity index (χ2v) is 5.36. The highest BCUT2D eigenvalue weighted by Crippen LogP contribution is 2.33. The van der Waals surface area contributed by atoms with Crippen LogP contribution >= 0.6 is 0 Å². The van der Waals surface area contributed by atoms with E-state index in [9.17, 15) is 0 Å². The van der Waals surface area contributed by atoms with Gasteiger partial charge in [-0.15, -0.1) is 10.2 Å². The summed E-state index contributed by atoms with van der Waals surface area (Å²) in [6.45, 7) is 0. The summed E-state index contributed by atoms with van der Waals surface area (Å²) in [4.78, 5) is 4.20. The fourth-order valence-electron chi connectivity index (χ4n) is 3.00. The summed E-state index contributed by atoms with van der Waals surface area (Å²) in [6, 6.07) is 8.74. The minimum atomic E-state index is 0.738. The lowest BCUT2D eigenvalue weighted by molar-refractivity contribution is 0.443. The van der Waals surface area contributed by atoms with E-state index >= 15 is 0 Å². The van der Waals surface area contributed by atoms with Gasteiger partial charge in [0, 0.05) is 12.6 Å². The molecule has 4 nitrogen and oxygen atoms in total. The van der Waals surface area contributed by atoms with Crippen LogP contribution in [0.5, 0.6) is 0 Å².